The van der Waals surface area contributed by atoms with Crippen molar-refractivity contribution < 1.29 is 14.3 Å². The predicted octanol–water partition coefficient (Wildman–Crippen LogP) is 5.83. The number of ether oxygens (including phenoxy) is 2. The molecule has 39 heavy (non-hydrogen) atoms. The number of carbonyl (C=O) groups is 1. The number of nitrogens with one attached hydrogen (secondary N) is 2. The molecule has 1 amide bonds. The van der Waals surface area contributed by atoms with Gasteiger partial charge in [-0.2, -0.15) is 5.26 Å². The minimum absolute atomic E-state index is 0.167. The Hall–Kier alpha value is -4.65. The van der Waals surface area contributed by atoms with Gasteiger partial charge < -0.3 is 24.7 Å². The van der Waals surface area contributed by atoms with Crippen molar-refractivity contribution in [3.05, 3.63) is 94.2 Å². The normalized spacial score (nSPS) is 13.3. The van der Waals surface area contributed by atoms with Gasteiger partial charge in [0.25, 0.3) is 5.91 Å². The van der Waals surface area contributed by atoms with Crippen LogP contribution >= 0.6 is 11.3 Å². The van der Waals surface area contributed by atoms with Crippen LogP contribution in [-0.2, 0) is 11.3 Å². The van der Waals surface area contributed by atoms with Crippen molar-refractivity contribution >= 4 is 39.7 Å². The lowest BCUT2D eigenvalue weighted by Crippen LogP contribution is -2.36. The highest BCUT2D eigenvalue weighted by Gasteiger charge is 2.13. The topological polar surface area (TPSA) is 103 Å². The molecule has 1 fully saturated rings. The number of carbonyl (C=O) groups excluding carboxylic acids is 1. The van der Waals surface area contributed by atoms with E-state index in [-0.39, 0.29) is 5.91 Å². The van der Waals surface area contributed by atoms with Gasteiger partial charge in [-0.1, -0.05) is 12.1 Å². The SMILES string of the molecule is N#Cc1ccc(COc2ccc3nc(-c4ccc(C(=O)Nc5ccc(N6CCOCC6)cc5)cc4)[nH]c3c2)s1. The quantitative estimate of drug-likeness (QED) is 0.272. The first-order valence-electron chi connectivity index (χ1n) is 12.6. The summed E-state index contributed by atoms with van der Waals surface area (Å²) in [5, 5.41) is 12.0. The fraction of sp³-hybridized carbons (Fsp3) is 0.167. The van der Waals surface area contributed by atoms with Gasteiger partial charge in [0.05, 0.1) is 24.2 Å². The number of thiophene rings is 1. The van der Waals surface area contributed by atoms with Crippen molar-refractivity contribution in [2.24, 2.45) is 0 Å². The van der Waals surface area contributed by atoms with Crippen LogP contribution in [0.5, 0.6) is 5.75 Å². The lowest BCUT2D eigenvalue weighted by Gasteiger charge is -2.28. The molecule has 0 atom stereocenters. The summed E-state index contributed by atoms with van der Waals surface area (Å²) >= 11 is 1.43. The van der Waals surface area contributed by atoms with Crippen LogP contribution < -0.4 is 15.0 Å². The van der Waals surface area contributed by atoms with Gasteiger partial charge >= 0.3 is 0 Å². The standard InChI is InChI=1S/C30H25N5O3S/c31-18-25-10-11-26(39-25)19-38-24-9-12-27-28(17-24)34-29(33-27)20-1-3-21(4-2-20)30(36)32-22-5-7-23(8-6-22)35-13-15-37-16-14-35/h1-12,17H,13-16,19H2,(H,32,36)(H,33,34). The zero-order chi connectivity index (χ0) is 26.6. The summed E-state index contributed by atoms with van der Waals surface area (Å²) in [5.41, 5.74) is 5.00. The summed E-state index contributed by atoms with van der Waals surface area (Å²) in [4.78, 5) is 24.8. The summed E-state index contributed by atoms with van der Waals surface area (Å²) in [5.74, 6) is 1.26. The number of benzene rings is 3. The molecule has 0 spiro atoms. The van der Waals surface area contributed by atoms with E-state index in [1.807, 2.05) is 60.7 Å². The number of imidazole rings is 1. The molecule has 1 aliphatic heterocycles. The highest BCUT2D eigenvalue weighted by atomic mass is 32.1. The number of hydrogen-bond donors (Lipinski definition) is 2. The van der Waals surface area contributed by atoms with Gasteiger partial charge in [0, 0.05) is 46.5 Å². The van der Waals surface area contributed by atoms with E-state index in [1.165, 1.54) is 11.3 Å². The number of rotatable bonds is 7. The summed E-state index contributed by atoms with van der Waals surface area (Å²) < 4.78 is 11.3. The smallest absolute Gasteiger partial charge is 0.255 e. The first-order chi connectivity index (χ1) is 19.1. The third kappa shape index (κ3) is 5.62. The van der Waals surface area contributed by atoms with Crippen LogP contribution in [0.1, 0.15) is 20.1 Å². The zero-order valence-electron chi connectivity index (χ0n) is 21.0. The van der Waals surface area contributed by atoms with Crippen LogP contribution in [0.4, 0.5) is 11.4 Å². The highest BCUT2D eigenvalue weighted by Crippen LogP contribution is 2.26. The van der Waals surface area contributed by atoms with Crippen molar-refractivity contribution in [2.75, 3.05) is 36.5 Å². The van der Waals surface area contributed by atoms with Crippen molar-refractivity contribution in [2.45, 2.75) is 6.61 Å². The van der Waals surface area contributed by atoms with E-state index in [2.05, 4.69) is 26.3 Å². The molecule has 6 rings (SSSR count). The fourth-order valence-electron chi connectivity index (χ4n) is 4.45. The van der Waals surface area contributed by atoms with Gasteiger partial charge in [0.2, 0.25) is 0 Å². The molecule has 0 saturated carbocycles. The molecule has 0 bridgehead atoms. The maximum absolute atomic E-state index is 12.8. The highest BCUT2D eigenvalue weighted by molar-refractivity contribution is 7.12. The van der Waals surface area contributed by atoms with E-state index in [0.717, 1.165) is 64.9 Å². The Labute approximate surface area is 229 Å². The molecule has 3 heterocycles. The van der Waals surface area contributed by atoms with Crippen molar-refractivity contribution in [3.63, 3.8) is 0 Å². The second-order valence-corrected chi connectivity index (χ2v) is 10.3. The minimum Gasteiger partial charge on any atom is -0.488 e. The van der Waals surface area contributed by atoms with Crippen LogP contribution in [0.3, 0.4) is 0 Å². The Morgan fingerprint density at radius 1 is 1.05 bits per heavy atom. The number of aromatic nitrogens is 2. The number of fused-ring (bicyclic) bond motifs is 1. The molecule has 0 radical (unpaired) electrons. The van der Waals surface area contributed by atoms with E-state index in [1.54, 1.807) is 18.2 Å². The van der Waals surface area contributed by atoms with E-state index in [9.17, 15) is 4.79 Å². The molecule has 8 nitrogen and oxygen atoms in total. The third-order valence-electron chi connectivity index (χ3n) is 6.53. The maximum Gasteiger partial charge on any atom is 0.255 e. The molecule has 2 aromatic heterocycles. The maximum atomic E-state index is 12.8. The fourth-order valence-corrected chi connectivity index (χ4v) is 5.16. The van der Waals surface area contributed by atoms with Crippen LogP contribution in [0.2, 0.25) is 0 Å². The molecule has 194 valence electrons. The Kier molecular flexibility index (Phi) is 6.95. The molecule has 0 unspecified atom stereocenters. The number of H-pyrrole nitrogens is 1. The number of aromatic amines is 1. The summed E-state index contributed by atoms with van der Waals surface area (Å²) in [6.45, 7) is 3.62. The van der Waals surface area contributed by atoms with Crippen molar-refractivity contribution in [1.82, 2.24) is 9.97 Å². The lowest BCUT2D eigenvalue weighted by atomic mass is 10.1. The lowest BCUT2D eigenvalue weighted by molar-refractivity contribution is 0.102. The summed E-state index contributed by atoms with van der Waals surface area (Å²) in [7, 11) is 0. The molecule has 9 heteroatoms. The first-order valence-corrected chi connectivity index (χ1v) is 13.4. The largest absolute Gasteiger partial charge is 0.488 e. The van der Waals surface area contributed by atoms with E-state index in [0.29, 0.717) is 22.9 Å². The van der Waals surface area contributed by atoms with Gasteiger partial charge in [-0.05, 0) is 60.7 Å². The predicted molar refractivity (Wildman–Crippen MR) is 152 cm³/mol. The molecule has 1 aliphatic rings. The third-order valence-corrected chi connectivity index (χ3v) is 7.49. The van der Waals surface area contributed by atoms with Gasteiger partial charge in [0.1, 0.15) is 29.1 Å². The van der Waals surface area contributed by atoms with Gasteiger partial charge in [-0.3, -0.25) is 4.79 Å². The van der Waals surface area contributed by atoms with Crippen LogP contribution in [0.25, 0.3) is 22.4 Å². The van der Waals surface area contributed by atoms with Crippen LogP contribution in [0.15, 0.2) is 78.9 Å². The van der Waals surface area contributed by atoms with Crippen molar-refractivity contribution in [3.8, 4) is 23.2 Å². The average Bonchev–Trinajstić information content (AvgIpc) is 3.64. The van der Waals surface area contributed by atoms with E-state index < -0.39 is 0 Å². The molecular weight excluding hydrogens is 510 g/mol. The first kappa shape index (κ1) is 24.7. The molecule has 1 saturated heterocycles. The Morgan fingerprint density at radius 2 is 1.85 bits per heavy atom. The molecular formula is C30H25N5O3S. The Balaban J connectivity index is 1.09. The number of hydrogen-bond acceptors (Lipinski definition) is 7. The Bertz CT molecular complexity index is 1650. The zero-order valence-corrected chi connectivity index (χ0v) is 21.8. The van der Waals surface area contributed by atoms with Crippen LogP contribution in [0, 0.1) is 11.3 Å². The Morgan fingerprint density at radius 3 is 2.59 bits per heavy atom. The summed E-state index contributed by atoms with van der Waals surface area (Å²) in [6, 6.07) is 26.8. The van der Waals surface area contributed by atoms with Gasteiger partial charge in [0.15, 0.2) is 0 Å². The average molecular weight is 536 g/mol. The van der Waals surface area contributed by atoms with Crippen molar-refractivity contribution in [1.29, 1.82) is 5.26 Å². The summed E-state index contributed by atoms with van der Waals surface area (Å²) in [6.07, 6.45) is 0. The second-order valence-electron chi connectivity index (χ2n) is 9.11. The van der Waals surface area contributed by atoms with Gasteiger partial charge in [-0.15, -0.1) is 11.3 Å². The number of nitriles is 1. The monoisotopic (exact) mass is 535 g/mol. The number of amides is 1. The number of anilines is 2. The molecule has 2 N–H and O–H groups in total. The molecule has 5 aromatic rings. The number of morpholine rings is 1. The molecule has 0 aliphatic carbocycles. The number of nitrogens with zero attached hydrogens (tertiary/aromatic N) is 3. The van der Waals surface area contributed by atoms with E-state index >= 15 is 0 Å². The van der Waals surface area contributed by atoms with Gasteiger partial charge in [-0.25, -0.2) is 4.98 Å². The van der Waals surface area contributed by atoms with Crippen LogP contribution in [-0.4, -0.2) is 42.2 Å². The second kappa shape index (κ2) is 11.0. The minimum atomic E-state index is -0.167. The molecule has 3 aromatic carbocycles. The van der Waals surface area contributed by atoms with E-state index in [4.69, 9.17) is 14.7 Å².